The summed E-state index contributed by atoms with van der Waals surface area (Å²) in [6.07, 6.45) is 1.09. The van der Waals surface area contributed by atoms with E-state index in [1.807, 2.05) is 6.07 Å². The molecule has 18 heavy (non-hydrogen) atoms. The molecule has 0 heterocycles. The normalized spacial score (nSPS) is 11.4. The highest BCUT2D eigenvalue weighted by Gasteiger charge is 2.10. The third-order valence-electron chi connectivity index (χ3n) is 2.94. The topological polar surface area (TPSA) is 32.5 Å². The minimum atomic E-state index is -0.323. The Kier molecular flexibility index (Phi) is 6.09. The molecule has 1 aromatic carbocycles. The van der Waals surface area contributed by atoms with Crippen molar-refractivity contribution in [3.8, 4) is 0 Å². The Labute approximate surface area is 109 Å². The minimum Gasteiger partial charge on any atom is -0.396 e. The van der Waals surface area contributed by atoms with Gasteiger partial charge in [0.1, 0.15) is 5.82 Å². The van der Waals surface area contributed by atoms with Crippen LogP contribution in [0.1, 0.15) is 18.9 Å². The first kappa shape index (κ1) is 14.9. The highest BCUT2D eigenvalue weighted by molar-refractivity contribution is 5.47. The van der Waals surface area contributed by atoms with Gasteiger partial charge in [0.05, 0.1) is 5.69 Å². The summed E-state index contributed by atoms with van der Waals surface area (Å²) in [4.78, 5) is 4.46. The van der Waals surface area contributed by atoms with Crippen molar-refractivity contribution in [2.45, 2.75) is 19.9 Å². The molecule has 1 aromatic rings. The first-order chi connectivity index (χ1) is 8.54. The van der Waals surface area contributed by atoms with E-state index in [2.05, 4.69) is 30.8 Å². The number of nitrogens with zero attached hydrogens (tertiary/aromatic N) is 2. The molecule has 0 fully saturated rings. The van der Waals surface area contributed by atoms with Gasteiger partial charge in [-0.2, -0.15) is 0 Å². The molecule has 0 aliphatic heterocycles. The van der Waals surface area contributed by atoms with E-state index in [0.717, 1.165) is 31.6 Å². The summed E-state index contributed by atoms with van der Waals surface area (Å²) in [5, 5.41) is 0. The summed E-state index contributed by atoms with van der Waals surface area (Å²) in [6.45, 7) is 5.83. The molecule has 0 bridgehead atoms. The van der Waals surface area contributed by atoms with E-state index in [-0.39, 0.29) is 11.5 Å². The van der Waals surface area contributed by atoms with Crippen LogP contribution in [-0.2, 0) is 6.54 Å². The Morgan fingerprint density at radius 2 is 1.89 bits per heavy atom. The smallest absolute Gasteiger partial charge is 0.146 e. The van der Waals surface area contributed by atoms with Crippen LogP contribution >= 0.6 is 0 Å². The van der Waals surface area contributed by atoms with Gasteiger partial charge in [0.25, 0.3) is 0 Å². The number of para-hydroxylation sites is 1. The molecule has 0 aliphatic rings. The Hall–Kier alpha value is -1.13. The van der Waals surface area contributed by atoms with Gasteiger partial charge in [-0.05, 0) is 38.7 Å². The summed E-state index contributed by atoms with van der Waals surface area (Å²) in [7, 11) is 4.11. The van der Waals surface area contributed by atoms with E-state index >= 15 is 0 Å². The molecule has 4 heteroatoms. The van der Waals surface area contributed by atoms with Crippen molar-refractivity contribution < 1.29 is 4.39 Å². The summed E-state index contributed by atoms with van der Waals surface area (Å²) < 4.78 is 13.4. The van der Waals surface area contributed by atoms with Gasteiger partial charge >= 0.3 is 0 Å². The van der Waals surface area contributed by atoms with Crippen LogP contribution < -0.4 is 5.73 Å². The van der Waals surface area contributed by atoms with Crippen molar-refractivity contribution in [1.29, 1.82) is 0 Å². The highest BCUT2D eigenvalue weighted by Crippen LogP contribution is 2.17. The Bertz CT molecular complexity index is 366. The van der Waals surface area contributed by atoms with E-state index in [9.17, 15) is 4.39 Å². The van der Waals surface area contributed by atoms with Crippen molar-refractivity contribution in [3.05, 3.63) is 29.6 Å². The molecule has 1 rings (SSSR count). The molecule has 0 saturated heterocycles. The number of benzene rings is 1. The van der Waals surface area contributed by atoms with Crippen LogP contribution in [0, 0.1) is 5.82 Å². The molecule has 0 spiro atoms. The van der Waals surface area contributed by atoms with E-state index < -0.39 is 0 Å². The van der Waals surface area contributed by atoms with E-state index in [0.29, 0.717) is 6.54 Å². The van der Waals surface area contributed by atoms with Gasteiger partial charge in [-0.1, -0.05) is 19.1 Å². The first-order valence-electron chi connectivity index (χ1n) is 6.44. The van der Waals surface area contributed by atoms with Gasteiger partial charge in [0.15, 0.2) is 0 Å². The zero-order valence-electron chi connectivity index (χ0n) is 11.6. The Morgan fingerprint density at radius 1 is 1.17 bits per heavy atom. The number of hydrogen-bond donors (Lipinski definition) is 1. The number of nitrogen functional groups attached to an aromatic ring is 1. The van der Waals surface area contributed by atoms with Crippen LogP contribution in [0.15, 0.2) is 18.2 Å². The molecule has 0 atom stereocenters. The van der Waals surface area contributed by atoms with Gasteiger partial charge in [-0.3, -0.25) is 4.90 Å². The lowest BCUT2D eigenvalue weighted by Crippen LogP contribution is -2.32. The number of rotatable bonds is 7. The molecular weight excluding hydrogens is 229 g/mol. The average Bonchev–Trinajstić information content (AvgIpc) is 2.32. The monoisotopic (exact) mass is 253 g/mol. The lowest BCUT2D eigenvalue weighted by Gasteiger charge is -2.24. The zero-order chi connectivity index (χ0) is 13.5. The van der Waals surface area contributed by atoms with Crippen molar-refractivity contribution in [2.75, 3.05) is 39.5 Å². The van der Waals surface area contributed by atoms with Crippen LogP contribution in [-0.4, -0.2) is 43.5 Å². The lowest BCUT2D eigenvalue weighted by atomic mass is 10.1. The maximum atomic E-state index is 13.4. The van der Waals surface area contributed by atoms with Crippen LogP contribution in [0.2, 0.25) is 0 Å². The number of nitrogens with two attached hydrogens (primary N) is 1. The largest absolute Gasteiger partial charge is 0.396 e. The van der Waals surface area contributed by atoms with Crippen LogP contribution in [0.25, 0.3) is 0 Å². The van der Waals surface area contributed by atoms with Crippen LogP contribution in [0.4, 0.5) is 10.1 Å². The maximum absolute atomic E-state index is 13.4. The summed E-state index contributed by atoms with van der Waals surface area (Å²) >= 11 is 0. The summed E-state index contributed by atoms with van der Waals surface area (Å²) in [6, 6.07) is 5.02. The second-order valence-electron chi connectivity index (χ2n) is 4.89. The SMILES string of the molecule is CCCN(CCN(C)C)Cc1cccc(F)c1N. The van der Waals surface area contributed by atoms with Crippen LogP contribution in [0.5, 0.6) is 0 Å². The Balaban J connectivity index is 2.67. The fourth-order valence-electron chi connectivity index (χ4n) is 1.89. The summed E-state index contributed by atoms with van der Waals surface area (Å²) in [5.74, 6) is -0.323. The van der Waals surface area contributed by atoms with E-state index in [1.165, 1.54) is 6.07 Å². The van der Waals surface area contributed by atoms with E-state index in [4.69, 9.17) is 5.73 Å². The number of halogens is 1. The molecular formula is C14H24FN3. The second-order valence-corrected chi connectivity index (χ2v) is 4.89. The third kappa shape index (κ3) is 4.63. The van der Waals surface area contributed by atoms with Gasteiger partial charge in [-0.15, -0.1) is 0 Å². The zero-order valence-corrected chi connectivity index (χ0v) is 11.6. The predicted octanol–water partition coefficient (Wildman–Crippen LogP) is 2.18. The number of likely N-dealkylation sites (N-methyl/N-ethyl adjacent to an activating group) is 1. The molecule has 0 aliphatic carbocycles. The predicted molar refractivity (Wildman–Crippen MR) is 74.9 cm³/mol. The molecule has 0 amide bonds. The molecule has 0 unspecified atom stereocenters. The first-order valence-corrected chi connectivity index (χ1v) is 6.44. The van der Waals surface area contributed by atoms with Crippen molar-refractivity contribution in [3.63, 3.8) is 0 Å². The summed E-state index contributed by atoms with van der Waals surface area (Å²) in [5.41, 5.74) is 6.93. The average molecular weight is 253 g/mol. The number of anilines is 1. The molecule has 2 N–H and O–H groups in total. The van der Waals surface area contributed by atoms with Crippen molar-refractivity contribution in [2.24, 2.45) is 0 Å². The standard InChI is InChI=1S/C14H24FN3/c1-4-8-18(10-9-17(2)3)11-12-6-5-7-13(15)14(12)16/h5-7H,4,8-11,16H2,1-3H3. The fraction of sp³-hybridized carbons (Fsp3) is 0.571. The van der Waals surface area contributed by atoms with Gasteiger partial charge in [0, 0.05) is 19.6 Å². The van der Waals surface area contributed by atoms with Crippen molar-refractivity contribution >= 4 is 5.69 Å². The second kappa shape index (κ2) is 7.34. The van der Waals surface area contributed by atoms with Gasteiger partial charge in [0.2, 0.25) is 0 Å². The molecule has 0 radical (unpaired) electrons. The molecule has 102 valence electrons. The third-order valence-corrected chi connectivity index (χ3v) is 2.94. The van der Waals surface area contributed by atoms with Gasteiger partial charge in [-0.25, -0.2) is 4.39 Å². The highest BCUT2D eigenvalue weighted by atomic mass is 19.1. The van der Waals surface area contributed by atoms with E-state index in [1.54, 1.807) is 6.07 Å². The molecule has 3 nitrogen and oxygen atoms in total. The van der Waals surface area contributed by atoms with Crippen LogP contribution in [0.3, 0.4) is 0 Å². The van der Waals surface area contributed by atoms with Gasteiger partial charge < -0.3 is 10.6 Å². The molecule has 0 aromatic heterocycles. The molecule has 0 saturated carbocycles. The van der Waals surface area contributed by atoms with Crippen molar-refractivity contribution in [1.82, 2.24) is 9.80 Å². The Morgan fingerprint density at radius 3 is 2.50 bits per heavy atom. The number of hydrogen-bond acceptors (Lipinski definition) is 3. The quantitative estimate of drug-likeness (QED) is 0.756. The lowest BCUT2D eigenvalue weighted by molar-refractivity contribution is 0.234. The maximum Gasteiger partial charge on any atom is 0.146 e. The minimum absolute atomic E-state index is 0.281. The fourth-order valence-corrected chi connectivity index (χ4v) is 1.89.